The van der Waals surface area contributed by atoms with Crippen LogP contribution in [0.5, 0.6) is 0 Å². The third-order valence-electron chi connectivity index (χ3n) is 1.36. The molecular weight excluding hydrogens is 150 g/mol. The van der Waals surface area contributed by atoms with Gasteiger partial charge in [0.25, 0.3) is 5.91 Å². The van der Waals surface area contributed by atoms with Gasteiger partial charge < -0.3 is 14.8 Å². The number of hydrogen-bond acceptors (Lipinski definition) is 4. The SMILES string of the molecule is CO[C@@H]1C(=O)N[C@@H]1OC(C)=O. The molecule has 1 saturated heterocycles. The number of carbonyl (C=O) groups excluding carboxylic acids is 2. The predicted octanol–water partition coefficient (Wildman–Crippen LogP) is -0.980. The molecule has 11 heavy (non-hydrogen) atoms. The van der Waals surface area contributed by atoms with Crippen LogP contribution in [-0.2, 0) is 19.1 Å². The molecule has 5 heteroatoms. The van der Waals surface area contributed by atoms with Crippen LogP contribution in [0, 0.1) is 0 Å². The van der Waals surface area contributed by atoms with Crippen LogP contribution in [0.25, 0.3) is 0 Å². The van der Waals surface area contributed by atoms with E-state index in [1.54, 1.807) is 0 Å². The zero-order valence-corrected chi connectivity index (χ0v) is 6.29. The van der Waals surface area contributed by atoms with Crippen molar-refractivity contribution in [3.8, 4) is 0 Å². The Bertz CT molecular complexity index is 191. The van der Waals surface area contributed by atoms with Crippen molar-refractivity contribution in [2.75, 3.05) is 7.11 Å². The predicted molar refractivity (Wildman–Crippen MR) is 34.5 cm³/mol. The van der Waals surface area contributed by atoms with Crippen LogP contribution in [0.4, 0.5) is 0 Å². The number of rotatable bonds is 2. The van der Waals surface area contributed by atoms with Crippen molar-refractivity contribution < 1.29 is 19.1 Å². The number of β-lactam (4-membered cyclic amide) rings is 1. The fraction of sp³-hybridized carbons (Fsp3) is 0.667. The first-order chi connectivity index (χ1) is 5.15. The number of hydrogen-bond donors (Lipinski definition) is 1. The summed E-state index contributed by atoms with van der Waals surface area (Å²) in [7, 11) is 1.39. The Labute approximate surface area is 63.7 Å². The molecule has 62 valence electrons. The summed E-state index contributed by atoms with van der Waals surface area (Å²) in [4.78, 5) is 21.0. The third kappa shape index (κ3) is 1.48. The number of carbonyl (C=O) groups is 2. The molecule has 1 amide bonds. The minimum atomic E-state index is -0.640. The summed E-state index contributed by atoms with van der Waals surface area (Å²) in [6.45, 7) is 1.27. The average Bonchev–Trinajstić information content (AvgIpc) is 1.86. The van der Waals surface area contributed by atoms with Gasteiger partial charge in [-0.15, -0.1) is 0 Å². The van der Waals surface area contributed by atoms with Crippen molar-refractivity contribution in [1.82, 2.24) is 5.32 Å². The summed E-state index contributed by atoms with van der Waals surface area (Å²) in [5.74, 6) is -0.684. The van der Waals surface area contributed by atoms with Crippen molar-refractivity contribution in [2.45, 2.75) is 19.3 Å². The van der Waals surface area contributed by atoms with Crippen molar-refractivity contribution in [1.29, 1.82) is 0 Å². The molecule has 0 saturated carbocycles. The van der Waals surface area contributed by atoms with Gasteiger partial charge in [0.1, 0.15) is 0 Å². The van der Waals surface area contributed by atoms with Crippen LogP contribution < -0.4 is 5.32 Å². The third-order valence-corrected chi connectivity index (χ3v) is 1.36. The van der Waals surface area contributed by atoms with Gasteiger partial charge in [0.2, 0.25) is 6.23 Å². The van der Waals surface area contributed by atoms with Crippen LogP contribution in [0.3, 0.4) is 0 Å². The first-order valence-corrected chi connectivity index (χ1v) is 3.15. The lowest BCUT2D eigenvalue weighted by Gasteiger charge is -2.33. The highest BCUT2D eigenvalue weighted by molar-refractivity contribution is 5.88. The zero-order chi connectivity index (χ0) is 8.43. The summed E-state index contributed by atoms with van der Waals surface area (Å²) < 4.78 is 9.39. The number of amides is 1. The van der Waals surface area contributed by atoms with Crippen LogP contribution in [0.15, 0.2) is 0 Å². The van der Waals surface area contributed by atoms with Crippen LogP contribution in [0.1, 0.15) is 6.92 Å². The largest absolute Gasteiger partial charge is 0.438 e. The van der Waals surface area contributed by atoms with E-state index >= 15 is 0 Å². The molecule has 0 spiro atoms. The van der Waals surface area contributed by atoms with E-state index < -0.39 is 18.3 Å². The van der Waals surface area contributed by atoms with Gasteiger partial charge in [0.15, 0.2) is 6.10 Å². The van der Waals surface area contributed by atoms with E-state index in [1.807, 2.05) is 0 Å². The molecule has 0 unspecified atom stereocenters. The monoisotopic (exact) mass is 159 g/mol. The quantitative estimate of drug-likeness (QED) is 0.415. The molecule has 1 aliphatic heterocycles. The number of ether oxygens (including phenoxy) is 2. The highest BCUT2D eigenvalue weighted by atomic mass is 16.6. The maximum Gasteiger partial charge on any atom is 0.304 e. The maximum atomic E-state index is 10.6. The van der Waals surface area contributed by atoms with Crippen LogP contribution >= 0.6 is 0 Å². The molecule has 0 radical (unpaired) electrons. The lowest BCUT2D eigenvalue weighted by atomic mass is 10.2. The zero-order valence-electron chi connectivity index (χ0n) is 6.29. The number of esters is 1. The first kappa shape index (κ1) is 8.00. The number of nitrogens with one attached hydrogen (secondary N) is 1. The molecule has 1 heterocycles. The Hall–Kier alpha value is -1.10. The van der Waals surface area contributed by atoms with E-state index in [0.29, 0.717) is 0 Å². The van der Waals surface area contributed by atoms with E-state index in [9.17, 15) is 9.59 Å². The van der Waals surface area contributed by atoms with Gasteiger partial charge in [0, 0.05) is 14.0 Å². The number of methoxy groups -OCH3 is 1. The smallest absolute Gasteiger partial charge is 0.304 e. The van der Waals surface area contributed by atoms with Crippen molar-refractivity contribution >= 4 is 11.9 Å². The Kier molecular flexibility index (Phi) is 2.09. The molecule has 1 fully saturated rings. The first-order valence-electron chi connectivity index (χ1n) is 3.15. The molecule has 0 aromatic carbocycles. The second-order valence-corrected chi connectivity index (χ2v) is 2.19. The minimum Gasteiger partial charge on any atom is -0.438 e. The summed E-state index contributed by atoms with van der Waals surface area (Å²) in [5, 5.41) is 2.37. The lowest BCUT2D eigenvalue weighted by Crippen LogP contribution is -2.64. The lowest BCUT2D eigenvalue weighted by molar-refractivity contribution is -0.179. The van der Waals surface area contributed by atoms with Crippen molar-refractivity contribution in [3.05, 3.63) is 0 Å². The fourth-order valence-electron chi connectivity index (χ4n) is 0.840. The van der Waals surface area contributed by atoms with Gasteiger partial charge in [0.05, 0.1) is 0 Å². The Morgan fingerprint density at radius 2 is 2.27 bits per heavy atom. The Morgan fingerprint density at radius 3 is 2.64 bits per heavy atom. The van der Waals surface area contributed by atoms with E-state index in [4.69, 9.17) is 4.74 Å². The van der Waals surface area contributed by atoms with E-state index in [0.717, 1.165) is 0 Å². The van der Waals surface area contributed by atoms with Crippen LogP contribution in [-0.4, -0.2) is 31.3 Å². The average molecular weight is 159 g/mol. The summed E-state index contributed by atoms with van der Waals surface area (Å²) >= 11 is 0. The summed E-state index contributed by atoms with van der Waals surface area (Å²) in [6.07, 6.45) is -1.25. The molecule has 1 rings (SSSR count). The van der Waals surface area contributed by atoms with Crippen molar-refractivity contribution in [2.24, 2.45) is 0 Å². The highest BCUT2D eigenvalue weighted by Crippen LogP contribution is 2.10. The Balaban J connectivity index is 2.38. The van der Waals surface area contributed by atoms with Gasteiger partial charge in [-0.3, -0.25) is 9.59 Å². The standard InChI is InChI=1S/C6H9NO4/c1-3(8)11-6-4(10-2)5(9)7-6/h4,6H,1-2H3,(H,7,9)/t4-,6-/m1/s1. The molecule has 0 aliphatic carbocycles. The van der Waals surface area contributed by atoms with Gasteiger partial charge in [-0.05, 0) is 0 Å². The summed E-state index contributed by atoms with van der Waals surface area (Å²) in [6, 6.07) is 0. The molecule has 2 atom stereocenters. The second kappa shape index (κ2) is 2.87. The minimum absolute atomic E-state index is 0.251. The molecule has 5 nitrogen and oxygen atoms in total. The molecule has 0 aromatic heterocycles. The topological polar surface area (TPSA) is 64.6 Å². The molecular formula is C6H9NO4. The van der Waals surface area contributed by atoms with Gasteiger partial charge in [-0.1, -0.05) is 0 Å². The molecule has 1 N–H and O–H groups in total. The van der Waals surface area contributed by atoms with Crippen molar-refractivity contribution in [3.63, 3.8) is 0 Å². The van der Waals surface area contributed by atoms with E-state index in [2.05, 4.69) is 10.1 Å². The van der Waals surface area contributed by atoms with Gasteiger partial charge >= 0.3 is 5.97 Å². The second-order valence-electron chi connectivity index (χ2n) is 2.19. The Morgan fingerprint density at radius 1 is 1.64 bits per heavy atom. The molecule has 1 aliphatic rings. The van der Waals surface area contributed by atoms with Gasteiger partial charge in [-0.25, -0.2) is 0 Å². The normalized spacial score (nSPS) is 28.7. The molecule has 0 aromatic rings. The molecule has 0 bridgehead atoms. The van der Waals surface area contributed by atoms with Gasteiger partial charge in [-0.2, -0.15) is 0 Å². The highest BCUT2D eigenvalue weighted by Gasteiger charge is 2.41. The maximum absolute atomic E-state index is 10.6. The summed E-state index contributed by atoms with van der Waals surface area (Å²) in [5.41, 5.74) is 0. The van der Waals surface area contributed by atoms with Crippen LogP contribution in [0.2, 0.25) is 0 Å². The van der Waals surface area contributed by atoms with E-state index in [1.165, 1.54) is 14.0 Å². The fourth-order valence-corrected chi connectivity index (χ4v) is 0.840. The van der Waals surface area contributed by atoms with E-state index in [-0.39, 0.29) is 5.91 Å².